The molecule has 2 rings (SSSR count). The third kappa shape index (κ3) is 3.35. The van der Waals surface area contributed by atoms with Gasteiger partial charge in [-0.2, -0.15) is 0 Å². The first-order valence-electron chi connectivity index (χ1n) is 6.31. The molecular formula is C13H22N2O. The van der Waals surface area contributed by atoms with E-state index >= 15 is 0 Å². The van der Waals surface area contributed by atoms with Gasteiger partial charge in [0, 0.05) is 5.54 Å². The Bertz CT molecular complexity index is 289. The molecule has 0 bridgehead atoms. The molecule has 0 atom stereocenters. The third-order valence-electron chi connectivity index (χ3n) is 3.53. The molecule has 0 saturated heterocycles. The summed E-state index contributed by atoms with van der Waals surface area (Å²) in [6.45, 7) is 1.79. The van der Waals surface area contributed by atoms with Crippen molar-refractivity contribution in [3.8, 4) is 0 Å². The summed E-state index contributed by atoms with van der Waals surface area (Å²) in [5, 5.41) is 3.39. The lowest BCUT2D eigenvalue weighted by molar-refractivity contribution is 0.273. The Morgan fingerprint density at radius 1 is 1.31 bits per heavy atom. The highest BCUT2D eigenvalue weighted by atomic mass is 16.3. The quantitative estimate of drug-likeness (QED) is 0.752. The Labute approximate surface area is 97.4 Å². The molecule has 0 unspecified atom stereocenters. The fraction of sp³-hybridized carbons (Fsp3) is 0.692. The molecule has 0 aliphatic heterocycles. The maximum Gasteiger partial charge on any atom is 0.117 e. The monoisotopic (exact) mass is 222 g/mol. The predicted molar refractivity (Wildman–Crippen MR) is 65.0 cm³/mol. The smallest absolute Gasteiger partial charge is 0.117 e. The fourth-order valence-corrected chi connectivity index (χ4v) is 2.47. The summed E-state index contributed by atoms with van der Waals surface area (Å²) in [5.74, 6) is 0.995. The van der Waals surface area contributed by atoms with Crippen LogP contribution in [0.5, 0.6) is 0 Å². The minimum Gasteiger partial charge on any atom is -0.468 e. The highest BCUT2D eigenvalue weighted by molar-refractivity contribution is 4.97. The van der Waals surface area contributed by atoms with Crippen LogP contribution in [0.25, 0.3) is 0 Å². The fourth-order valence-electron chi connectivity index (χ4n) is 2.47. The summed E-state index contributed by atoms with van der Waals surface area (Å²) in [4.78, 5) is 0. The van der Waals surface area contributed by atoms with Gasteiger partial charge in [0.1, 0.15) is 5.76 Å². The van der Waals surface area contributed by atoms with Gasteiger partial charge >= 0.3 is 0 Å². The molecule has 1 aromatic rings. The average molecular weight is 222 g/mol. The van der Waals surface area contributed by atoms with Crippen molar-refractivity contribution in [2.45, 2.75) is 50.6 Å². The van der Waals surface area contributed by atoms with E-state index in [2.05, 4.69) is 5.32 Å². The van der Waals surface area contributed by atoms with Gasteiger partial charge in [-0.1, -0.05) is 19.3 Å². The summed E-state index contributed by atoms with van der Waals surface area (Å²) in [6, 6.07) is 3.91. The maximum absolute atomic E-state index is 6.36. The maximum atomic E-state index is 6.36. The Balaban J connectivity index is 1.63. The average Bonchev–Trinajstić information content (AvgIpc) is 2.78. The summed E-state index contributed by atoms with van der Waals surface area (Å²) in [6.07, 6.45) is 9.13. The molecule has 0 amide bonds. The minimum absolute atomic E-state index is 0.0917. The van der Waals surface area contributed by atoms with E-state index in [1.807, 2.05) is 12.1 Å². The molecule has 1 aromatic heterocycles. The van der Waals surface area contributed by atoms with Gasteiger partial charge in [-0.15, -0.1) is 0 Å². The van der Waals surface area contributed by atoms with Gasteiger partial charge in [-0.05, 0) is 37.9 Å². The van der Waals surface area contributed by atoms with Crippen molar-refractivity contribution in [1.82, 2.24) is 5.32 Å². The van der Waals surface area contributed by atoms with Crippen LogP contribution in [-0.2, 0) is 6.54 Å². The largest absolute Gasteiger partial charge is 0.468 e. The molecule has 1 aliphatic carbocycles. The van der Waals surface area contributed by atoms with Crippen molar-refractivity contribution >= 4 is 0 Å². The van der Waals surface area contributed by atoms with Crippen molar-refractivity contribution in [2.75, 3.05) is 6.54 Å². The van der Waals surface area contributed by atoms with E-state index in [0.29, 0.717) is 0 Å². The third-order valence-corrected chi connectivity index (χ3v) is 3.53. The van der Waals surface area contributed by atoms with Crippen LogP contribution in [0.15, 0.2) is 22.8 Å². The zero-order chi connectivity index (χ0) is 11.3. The number of rotatable bonds is 5. The summed E-state index contributed by atoms with van der Waals surface area (Å²) in [5.41, 5.74) is 6.45. The van der Waals surface area contributed by atoms with E-state index in [1.165, 1.54) is 32.1 Å². The lowest BCUT2D eigenvalue weighted by atomic mass is 9.80. The molecule has 90 valence electrons. The molecule has 1 heterocycles. The second-order valence-corrected chi connectivity index (χ2v) is 4.93. The number of nitrogens with one attached hydrogen (secondary N) is 1. The Morgan fingerprint density at radius 2 is 2.12 bits per heavy atom. The van der Waals surface area contributed by atoms with Gasteiger partial charge < -0.3 is 15.5 Å². The van der Waals surface area contributed by atoms with E-state index in [0.717, 1.165) is 25.3 Å². The number of furan rings is 1. The van der Waals surface area contributed by atoms with Gasteiger partial charge in [0.25, 0.3) is 0 Å². The molecule has 16 heavy (non-hydrogen) atoms. The minimum atomic E-state index is 0.0917. The van der Waals surface area contributed by atoms with Crippen molar-refractivity contribution in [1.29, 1.82) is 0 Å². The highest BCUT2D eigenvalue weighted by Crippen LogP contribution is 2.28. The van der Waals surface area contributed by atoms with Crippen molar-refractivity contribution in [3.63, 3.8) is 0 Å². The lowest BCUT2D eigenvalue weighted by Crippen LogP contribution is -2.43. The SMILES string of the molecule is NC1(CCNCc2ccco2)CCCCC1. The molecule has 1 saturated carbocycles. The Hall–Kier alpha value is -0.800. The number of hydrogen-bond acceptors (Lipinski definition) is 3. The first-order valence-corrected chi connectivity index (χ1v) is 6.31. The second-order valence-electron chi connectivity index (χ2n) is 4.93. The van der Waals surface area contributed by atoms with Gasteiger partial charge in [-0.3, -0.25) is 0 Å². The summed E-state index contributed by atoms with van der Waals surface area (Å²) < 4.78 is 5.26. The van der Waals surface area contributed by atoms with E-state index in [4.69, 9.17) is 10.2 Å². The zero-order valence-electron chi connectivity index (χ0n) is 9.87. The van der Waals surface area contributed by atoms with Crippen LogP contribution in [0, 0.1) is 0 Å². The first kappa shape index (κ1) is 11.7. The number of nitrogens with two attached hydrogens (primary N) is 1. The van der Waals surface area contributed by atoms with Crippen LogP contribution in [0.2, 0.25) is 0 Å². The lowest BCUT2D eigenvalue weighted by Gasteiger charge is -2.33. The van der Waals surface area contributed by atoms with Crippen LogP contribution in [0.3, 0.4) is 0 Å². The van der Waals surface area contributed by atoms with Crippen molar-refractivity contribution in [3.05, 3.63) is 24.2 Å². The summed E-state index contributed by atoms with van der Waals surface area (Å²) >= 11 is 0. The number of hydrogen-bond donors (Lipinski definition) is 2. The van der Waals surface area contributed by atoms with Gasteiger partial charge in [0.05, 0.1) is 12.8 Å². The molecule has 3 heteroatoms. The predicted octanol–water partition coefficient (Wildman–Crippen LogP) is 2.42. The van der Waals surface area contributed by atoms with Crippen LogP contribution < -0.4 is 11.1 Å². The molecule has 0 aromatic carbocycles. The van der Waals surface area contributed by atoms with Gasteiger partial charge in [0.15, 0.2) is 0 Å². The Morgan fingerprint density at radius 3 is 2.81 bits per heavy atom. The standard InChI is InChI=1S/C13H22N2O/c14-13(6-2-1-3-7-13)8-9-15-11-12-5-4-10-16-12/h4-5,10,15H,1-3,6-9,11,14H2. The molecule has 3 N–H and O–H groups in total. The first-order chi connectivity index (χ1) is 7.79. The summed E-state index contributed by atoms with van der Waals surface area (Å²) in [7, 11) is 0. The van der Waals surface area contributed by atoms with Crippen LogP contribution in [0.1, 0.15) is 44.3 Å². The molecule has 0 spiro atoms. The molecule has 3 nitrogen and oxygen atoms in total. The highest BCUT2D eigenvalue weighted by Gasteiger charge is 2.26. The Kier molecular flexibility index (Phi) is 4.02. The van der Waals surface area contributed by atoms with E-state index in [9.17, 15) is 0 Å². The van der Waals surface area contributed by atoms with Crippen LogP contribution in [-0.4, -0.2) is 12.1 Å². The molecule has 1 fully saturated rings. The van der Waals surface area contributed by atoms with Gasteiger partial charge in [-0.25, -0.2) is 0 Å². The van der Waals surface area contributed by atoms with Crippen LogP contribution in [0.4, 0.5) is 0 Å². The van der Waals surface area contributed by atoms with Gasteiger partial charge in [0.2, 0.25) is 0 Å². The van der Waals surface area contributed by atoms with Crippen molar-refractivity contribution in [2.24, 2.45) is 5.73 Å². The topological polar surface area (TPSA) is 51.2 Å². The van der Waals surface area contributed by atoms with E-state index in [1.54, 1.807) is 6.26 Å². The van der Waals surface area contributed by atoms with E-state index < -0.39 is 0 Å². The van der Waals surface area contributed by atoms with E-state index in [-0.39, 0.29) is 5.54 Å². The molecule has 1 aliphatic rings. The molecular weight excluding hydrogens is 200 g/mol. The van der Waals surface area contributed by atoms with Crippen LogP contribution >= 0.6 is 0 Å². The van der Waals surface area contributed by atoms with Crippen molar-refractivity contribution < 1.29 is 4.42 Å². The normalized spacial score (nSPS) is 19.8. The second kappa shape index (κ2) is 5.51. The molecule has 0 radical (unpaired) electrons. The zero-order valence-corrected chi connectivity index (χ0v) is 9.87.